The number of nitrogens with zero attached hydrogens (tertiary/aromatic N) is 1. The molecule has 0 N–H and O–H groups in total. The van der Waals surface area contributed by atoms with Crippen LogP contribution in [0.2, 0.25) is 0 Å². The van der Waals surface area contributed by atoms with Gasteiger partial charge >= 0.3 is 0 Å². The zero-order chi connectivity index (χ0) is 18.4. The van der Waals surface area contributed by atoms with Gasteiger partial charge in [-0.3, -0.25) is 9.69 Å². The van der Waals surface area contributed by atoms with Crippen LogP contribution in [-0.2, 0) is 0 Å². The molecule has 1 atom stereocenters. The second kappa shape index (κ2) is 6.96. The highest BCUT2D eigenvalue weighted by atomic mass is 32.2. The maximum Gasteiger partial charge on any atom is 0.159 e. The predicted octanol–water partition coefficient (Wildman–Crippen LogP) is 5.80. The van der Waals surface area contributed by atoms with Gasteiger partial charge in [-0.15, -0.1) is 0 Å². The highest BCUT2D eigenvalue weighted by Crippen LogP contribution is 2.48. The summed E-state index contributed by atoms with van der Waals surface area (Å²) in [5.74, 6) is 0.144. The van der Waals surface area contributed by atoms with Crippen LogP contribution in [0.25, 0.3) is 5.57 Å². The minimum atomic E-state index is 0.144. The Bertz CT molecular complexity index is 945. The average Bonchev–Trinajstić information content (AvgIpc) is 2.71. The topological polar surface area (TPSA) is 20.3 Å². The number of piperidine rings is 2. The summed E-state index contributed by atoms with van der Waals surface area (Å²) in [6.07, 6.45) is 6.53. The highest BCUT2D eigenvalue weighted by molar-refractivity contribution is 7.99. The largest absolute Gasteiger partial charge is 0.296 e. The third-order valence-electron chi connectivity index (χ3n) is 6.31. The number of carbonyl (C=O) groups excluding carboxylic acids is 1. The number of ketones is 1. The van der Waals surface area contributed by atoms with Gasteiger partial charge in [-0.25, -0.2) is 0 Å². The van der Waals surface area contributed by atoms with Crippen molar-refractivity contribution in [2.45, 2.75) is 54.9 Å². The fourth-order valence-corrected chi connectivity index (χ4v) is 5.97. The molecule has 27 heavy (non-hydrogen) atoms. The van der Waals surface area contributed by atoms with Crippen molar-refractivity contribution < 1.29 is 4.79 Å². The third-order valence-corrected chi connectivity index (χ3v) is 7.46. The van der Waals surface area contributed by atoms with Crippen molar-refractivity contribution in [3.8, 4) is 0 Å². The van der Waals surface area contributed by atoms with Crippen molar-refractivity contribution in [2.24, 2.45) is 0 Å². The Morgan fingerprint density at radius 2 is 1.89 bits per heavy atom. The number of fused-ring (bicyclic) bond motifs is 3. The van der Waals surface area contributed by atoms with Gasteiger partial charge in [0.25, 0.3) is 0 Å². The van der Waals surface area contributed by atoms with E-state index in [4.69, 9.17) is 0 Å². The van der Waals surface area contributed by atoms with Gasteiger partial charge in [0.2, 0.25) is 0 Å². The molecule has 2 fully saturated rings. The summed E-state index contributed by atoms with van der Waals surface area (Å²) in [6, 6.07) is 15.8. The molecule has 0 aromatic heterocycles. The molecule has 0 radical (unpaired) electrons. The molecule has 2 aromatic carbocycles. The van der Waals surface area contributed by atoms with Gasteiger partial charge in [0.05, 0.1) is 0 Å². The smallest absolute Gasteiger partial charge is 0.159 e. The van der Waals surface area contributed by atoms with Crippen LogP contribution in [0.1, 0.15) is 60.5 Å². The first kappa shape index (κ1) is 17.3. The fraction of sp³-hybridized carbons (Fsp3) is 0.375. The molecule has 0 bridgehead atoms. The number of benzene rings is 2. The maximum absolute atomic E-state index is 12.0. The van der Waals surface area contributed by atoms with E-state index in [0.717, 1.165) is 18.2 Å². The molecule has 0 saturated carbocycles. The summed E-state index contributed by atoms with van der Waals surface area (Å²) in [6.45, 7) is 3.98. The summed E-state index contributed by atoms with van der Waals surface area (Å²) in [5, 5.41) is 0. The van der Waals surface area contributed by atoms with Crippen LogP contribution in [0.4, 0.5) is 0 Å². The summed E-state index contributed by atoms with van der Waals surface area (Å²) in [5.41, 5.74) is 6.38. The second-order valence-corrected chi connectivity index (χ2v) is 9.09. The number of Topliss-reactive ketones (excluding diaryl/α,β-unsaturated/α-hetero) is 1. The lowest BCUT2D eigenvalue weighted by Gasteiger charge is -2.41. The first-order valence-corrected chi connectivity index (χ1v) is 10.9. The van der Waals surface area contributed by atoms with Crippen molar-refractivity contribution in [3.63, 3.8) is 0 Å². The molecule has 3 heteroatoms. The fourth-order valence-electron chi connectivity index (χ4n) is 4.90. The highest BCUT2D eigenvalue weighted by Gasteiger charge is 2.31. The molecule has 0 amide bonds. The van der Waals surface area contributed by atoms with E-state index >= 15 is 0 Å². The van der Waals surface area contributed by atoms with Crippen molar-refractivity contribution in [2.75, 3.05) is 13.1 Å². The summed E-state index contributed by atoms with van der Waals surface area (Å²) in [4.78, 5) is 17.3. The van der Waals surface area contributed by atoms with Crippen LogP contribution in [0.3, 0.4) is 0 Å². The van der Waals surface area contributed by atoms with E-state index in [1.54, 1.807) is 12.5 Å². The molecule has 2 saturated heterocycles. The lowest BCUT2D eigenvalue weighted by atomic mass is 9.84. The van der Waals surface area contributed by atoms with Crippen molar-refractivity contribution in [1.29, 1.82) is 0 Å². The van der Waals surface area contributed by atoms with Crippen molar-refractivity contribution in [1.82, 2.24) is 4.90 Å². The van der Waals surface area contributed by atoms with Gasteiger partial charge in [0, 0.05) is 27.9 Å². The zero-order valence-corrected chi connectivity index (χ0v) is 16.6. The van der Waals surface area contributed by atoms with Crippen LogP contribution in [0.15, 0.2) is 57.8 Å². The lowest BCUT2D eigenvalue weighted by molar-refractivity contribution is 0.101. The number of hydrogen-bond donors (Lipinski definition) is 0. The van der Waals surface area contributed by atoms with Crippen LogP contribution >= 0.6 is 11.8 Å². The van der Waals surface area contributed by atoms with E-state index in [1.807, 2.05) is 17.8 Å². The summed E-state index contributed by atoms with van der Waals surface area (Å²) in [7, 11) is 0. The molecule has 5 rings (SSSR count). The molecule has 3 aliphatic heterocycles. The molecular weight excluding hydrogens is 350 g/mol. The average molecular weight is 376 g/mol. The minimum Gasteiger partial charge on any atom is -0.296 e. The standard InChI is InChI=1S/C24H25NOS/c1-16(26)17-10-12-23-21(14-17)24(20-7-2-3-8-22(20)27-23)18-9-11-19-6-4-5-13-25(19)15-18/h2-3,7-8,10,12,14,19H,4-6,9,11,13,15H2,1H3. The summed E-state index contributed by atoms with van der Waals surface area (Å²) >= 11 is 1.83. The molecule has 1 unspecified atom stereocenters. The van der Waals surface area contributed by atoms with E-state index in [1.165, 1.54) is 65.1 Å². The van der Waals surface area contributed by atoms with Gasteiger partial charge in [0.1, 0.15) is 0 Å². The molecule has 0 aliphatic carbocycles. The molecule has 138 valence electrons. The van der Waals surface area contributed by atoms with Gasteiger partial charge in [-0.1, -0.05) is 42.4 Å². The van der Waals surface area contributed by atoms with Gasteiger partial charge in [-0.05, 0) is 79.6 Å². The van der Waals surface area contributed by atoms with Crippen molar-refractivity contribution in [3.05, 3.63) is 64.7 Å². The van der Waals surface area contributed by atoms with Crippen LogP contribution in [-0.4, -0.2) is 29.8 Å². The Morgan fingerprint density at radius 1 is 1.04 bits per heavy atom. The van der Waals surface area contributed by atoms with Crippen LogP contribution in [0.5, 0.6) is 0 Å². The molecule has 2 aromatic rings. The van der Waals surface area contributed by atoms with E-state index in [2.05, 4.69) is 41.3 Å². The van der Waals surface area contributed by atoms with E-state index in [9.17, 15) is 4.79 Å². The zero-order valence-electron chi connectivity index (χ0n) is 15.8. The SMILES string of the molecule is CC(=O)c1ccc2c(c1)C(=C1CCC3CCCCN3C1)c1ccccc1S2. The van der Waals surface area contributed by atoms with Crippen LogP contribution in [0, 0.1) is 0 Å². The Balaban J connectivity index is 1.66. The Labute approximate surface area is 165 Å². The Hall–Kier alpha value is -1.84. The first-order valence-electron chi connectivity index (χ1n) is 10.1. The van der Waals surface area contributed by atoms with E-state index in [-0.39, 0.29) is 5.78 Å². The van der Waals surface area contributed by atoms with Gasteiger partial charge in [0.15, 0.2) is 5.78 Å². The monoisotopic (exact) mass is 375 g/mol. The first-order chi connectivity index (χ1) is 13.2. The van der Waals surface area contributed by atoms with Crippen LogP contribution < -0.4 is 0 Å². The Kier molecular flexibility index (Phi) is 4.45. The van der Waals surface area contributed by atoms with E-state index < -0.39 is 0 Å². The second-order valence-electron chi connectivity index (χ2n) is 8.00. The third kappa shape index (κ3) is 3.07. The minimum absolute atomic E-state index is 0.144. The molecule has 0 spiro atoms. The normalized spacial score (nSPS) is 24.7. The van der Waals surface area contributed by atoms with Gasteiger partial charge < -0.3 is 0 Å². The lowest BCUT2D eigenvalue weighted by Crippen LogP contribution is -2.43. The van der Waals surface area contributed by atoms with Gasteiger partial charge in [-0.2, -0.15) is 0 Å². The molecule has 2 nitrogen and oxygen atoms in total. The Morgan fingerprint density at radius 3 is 2.78 bits per heavy atom. The quantitative estimate of drug-likeness (QED) is 0.501. The molecular formula is C24H25NOS. The number of rotatable bonds is 1. The maximum atomic E-state index is 12.0. The predicted molar refractivity (Wildman–Crippen MR) is 111 cm³/mol. The number of carbonyl (C=O) groups is 1. The van der Waals surface area contributed by atoms with Crippen molar-refractivity contribution >= 4 is 23.1 Å². The van der Waals surface area contributed by atoms with E-state index in [0.29, 0.717) is 0 Å². The number of hydrogen-bond acceptors (Lipinski definition) is 3. The molecule has 3 aliphatic rings. The molecule has 3 heterocycles. The summed E-state index contributed by atoms with van der Waals surface area (Å²) < 4.78 is 0.